The highest BCUT2D eigenvalue weighted by Gasteiger charge is 2.19. The first-order chi connectivity index (χ1) is 14.5. The maximum absolute atomic E-state index is 13.0. The minimum absolute atomic E-state index is 0.175. The number of rotatable bonds is 5. The number of hydrogen-bond donors (Lipinski definition) is 1. The number of amides is 1. The van der Waals surface area contributed by atoms with E-state index in [0.717, 1.165) is 15.6 Å². The topological polar surface area (TPSA) is 55.1 Å². The van der Waals surface area contributed by atoms with Crippen LogP contribution < -0.4 is 5.32 Å². The molecule has 0 bridgehead atoms. The fourth-order valence-electron chi connectivity index (χ4n) is 3.12. The molecule has 0 saturated heterocycles. The lowest BCUT2D eigenvalue weighted by Crippen LogP contribution is -2.27. The molecule has 4 aromatic rings. The average molecular weight is 482 g/mol. The van der Waals surface area contributed by atoms with E-state index in [0.29, 0.717) is 27.8 Å². The molecule has 1 heterocycles. The van der Waals surface area contributed by atoms with Gasteiger partial charge in [0, 0.05) is 20.6 Å². The summed E-state index contributed by atoms with van der Waals surface area (Å²) in [7, 11) is 0. The second-order valence-electron chi connectivity index (χ2n) is 6.83. The van der Waals surface area contributed by atoms with Crippen LogP contribution in [0, 0.1) is 0 Å². The molecule has 0 radical (unpaired) electrons. The van der Waals surface area contributed by atoms with Crippen LogP contribution in [-0.4, -0.2) is 10.9 Å². The van der Waals surface area contributed by atoms with E-state index in [9.17, 15) is 4.79 Å². The van der Waals surface area contributed by atoms with Gasteiger partial charge in [0.1, 0.15) is 0 Å². The van der Waals surface area contributed by atoms with Gasteiger partial charge < -0.3 is 9.73 Å². The summed E-state index contributed by atoms with van der Waals surface area (Å²) in [5.41, 5.74) is 3.03. The van der Waals surface area contributed by atoms with Crippen molar-refractivity contribution in [2.45, 2.75) is 13.0 Å². The van der Waals surface area contributed by atoms with Crippen molar-refractivity contribution < 1.29 is 9.21 Å². The van der Waals surface area contributed by atoms with Crippen LogP contribution in [0.1, 0.15) is 28.9 Å². The van der Waals surface area contributed by atoms with Crippen molar-refractivity contribution in [3.8, 4) is 22.8 Å². The van der Waals surface area contributed by atoms with E-state index in [1.165, 1.54) is 0 Å². The molecule has 1 aromatic heterocycles. The lowest BCUT2D eigenvalue weighted by atomic mass is 10.0. The fourth-order valence-corrected chi connectivity index (χ4v) is 3.51. The van der Waals surface area contributed by atoms with Crippen molar-refractivity contribution >= 4 is 33.4 Å². The molecule has 0 fully saturated rings. The Bertz CT molecular complexity index is 1170. The van der Waals surface area contributed by atoms with Crippen LogP contribution in [0.3, 0.4) is 0 Å². The van der Waals surface area contributed by atoms with Crippen molar-refractivity contribution in [2.24, 2.45) is 0 Å². The van der Waals surface area contributed by atoms with Crippen LogP contribution in [0.4, 0.5) is 0 Å². The summed E-state index contributed by atoms with van der Waals surface area (Å²) in [5, 5.41) is 3.69. The van der Waals surface area contributed by atoms with Crippen molar-refractivity contribution in [2.75, 3.05) is 0 Å². The normalized spacial score (nSPS) is 11.8. The number of benzene rings is 3. The molecule has 30 heavy (non-hydrogen) atoms. The molecule has 1 N–H and O–H groups in total. The summed E-state index contributed by atoms with van der Waals surface area (Å²) in [6, 6.07) is 22.3. The summed E-state index contributed by atoms with van der Waals surface area (Å²) < 4.78 is 6.96. The van der Waals surface area contributed by atoms with Crippen LogP contribution >= 0.6 is 27.5 Å². The number of nitrogens with zero attached hydrogens (tertiary/aromatic N) is 1. The highest BCUT2D eigenvalue weighted by Crippen LogP contribution is 2.29. The monoisotopic (exact) mass is 480 g/mol. The van der Waals surface area contributed by atoms with Crippen molar-refractivity contribution in [1.29, 1.82) is 0 Å². The smallest absolute Gasteiger partial charge is 0.252 e. The third kappa shape index (κ3) is 4.48. The molecule has 4 nitrogen and oxygen atoms in total. The highest BCUT2D eigenvalue weighted by atomic mass is 79.9. The molecule has 3 aromatic carbocycles. The predicted molar refractivity (Wildman–Crippen MR) is 122 cm³/mol. The van der Waals surface area contributed by atoms with Gasteiger partial charge in [0.15, 0.2) is 5.76 Å². The Morgan fingerprint density at radius 3 is 2.47 bits per heavy atom. The average Bonchev–Trinajstić information content (AvgIpc) is 3.25. The lowest BCUT2D eigenvalue weighted by Gasteiger charge is -2.15. The first kappa shape index (κ1) is 20.4. The quantitative estimate of drug-likeness (QED) is 0.337. The predicted octanol–water partition coefficient (Wildman–Crippen LogP) is 6.92. The van der Waals surface area contributed by atoms with Gasteiger partial charge in [-0.1, -0.05) is 63.9 Å². The van der Waals surface area contributed by atoms with E-state index in [-0.39, 0.29) is 11.9 Å². The number of nitrogens with one attached hydrogen (secondary N) is 1. The Morgan fingerprint density at radius 2 is 1.73 bits per heavy atom. The second kappa shape index (κ2) is 8.86. The standard InChI is InChI=1S/C24H18BrClN2O2/c1-15(16-8-12-19(26)13-9-16)28-23(29)20-4-2-3-5-21(20)24-27-14-22(30-24)17-6-10-18(25)11-7-17/h2-15H,1H3,(H,28,29). The molecule has 0 saturated carbocycles. The zero-order valence-electron chi connectivity index (χ0n) is 16.1. The maximum atomic E-state index is 13.0. The van der Waals surface area contributed by atoms with Gasteiger partial charge in [-0.05, 0) is 48.9 Å². The second-order valence-corrected chi connectivity index (χ2v) is 8.18. The van der Waals surface area contributed by atoms with E-state index in [1.54, 1.807) is 12.3 Å². The summed E-state index contributed by atoms with van der Waals surface area (Å²) in [6.45, 7) is 1.93. The van der Waals surface area contributed by atoms with Crippen LogP contribution in [-0.2, 0) is 0 Å². The maximum Gasteiger partial charge on any atom is 0.252 e. The zero-order valence-corrected chi connectivity index (χ0v) is 18.4. The van der Waals surface area contributed by atoms with E-state index < -0.39 is 0 Å². The highest BCUT2D eigenvalue weighted by molar-refractivity contribution is 9.10. The number of carbonyl (C=O) groups excluding carboxylic acids is 1. The largest absolute Gasteiger partial charge is 0.436 e. The molecule has 4 rings (SSSR count). The van der Waals surface area contributed by atoms with Crippen molar-refractivity contribution in [1.82, 2.24) is 10.3 Å². The Kier molecular flexibility index (Phi) is 6.02. The van der Waals surface area contributed by atoms with Crippen LogP contribution in [0.5, 0.6) is 0 Å². The summed E-state index contributed by atoms with van der Waals surface area (Å²) >= 11 is 9.38. The molecular weight excluding hydrogens is 464 g/mol. The zero-order chi connectivity index (χ0) is 21.1. The van der Waals surface area contributed by atoms with Gasteiger partial charge in [0.25, 0.3) is 5.91 Å². The number of oxazole rings is 1. The van der Waals surface area contributed by atoms with Gasteiger partial charge in [-0.3, -0.25) is 4.79 Å². The summed E-state index contributed by atoms with van der Waals surface area (Å²) in [6.07, 6.45) is 1.67. The molecule has 6 heteroatoms. The molecule has 0 spiro atoms. The molecule has 1 atom stereocenters. The van der Waals surface area contributed by atoms with Gasteiger partial charge in [0.05, 0.1) is 17.8 Å². The van der Waals surface area contributed by atoms with Gasteiger partial charge in [-0.25, -0.2) is 4.98 Å². The third-order valence-corrected chi connectivity index (χ3v) is 5.53. The Balaban J connectivity index is 1.59. The van der Waals surface area contributed by atoms with Crippen LogP contribution in [0.25, 0.3) is 22.8 Å². The Morgan fingerprint density at radius 1 is 1.03 bits per heavy atom. The molecular formula is C24H18BrClN2O2. The van der Waals surface area contributed by atoms with E-state index in [2.05, 4.69) is 26.2 Å². The first-order valence-corrected chi connectivity index (χ1v) is 10.6. The van der Waals surface area contributed by atoms with Gasteiger partial charge in [0.2, 0.25) is 5.89 Å². The lowest BCUT2D eigenvalue weighted by molar-refractivity contribution is 0.0940. The van der Waals surface area contributed by atoms with Crippen molar-refractivity contribution in [3.05, 3.63) is 99.6 Å². The number of aromatic nitrogens is 1. The van der Waals surface area contributed by atoms with E-state index in [4.69, 9.17) is 16.0 Å². The first-order valence-electron chi connectivity index (χ1n) is 9.39. The third-order valence-electron chi connectivity index (χ3n) is 4.75. The Labute approximate surface area is 188 Å². The van der Waals surface area contributed by atoms with Gasteiger partial charge >= 0.3 is 0 Å². The Hall–Kier alpha value is -2.89. The molecule has 1 unspecified atom stereocenters. The minimum atomic E-state index is -0.198. The SMILES string of the molecule is CC(NC(=O)c1ccccc1-c1ncc(-c2ccc(Br)cc2)o1)c1ccc(Cl)cc1. The summed E-state index contributed by atoms with van der Waals surface area (Å²) in [4.78, 5) is 17.4. The van der Waals surface area contributed by atoms with E-state index in [1.807, 2.05) is 73.7 Å². The molecule has 0 aliphatic rings. The molecule has 150 valence electrons. The van der Waals surface area contributed by atoms with Gasteiger partial charge in [-0.2, -0.15) is 0 Å². The van der Waals surface area contributed by atoms with Crippen LogP contribution in [0.15, 0.2) is 87.9 Å². The fraction of sp³-hybridized carbons (Fsp3) is 0.0833. The van der Waals surface area contributed by atoms with Gasteiger partial charge in [-0.15, -0.1) is 0 Å². The molecule has 0 aliphatic heterocycles. The van der Waals surface area contributed by atoms with E-state index >= 15 is 0 Å². The number of hydrogen-bond acceptors (Lipinski definition) is 3. The number of halogens is 2. The molecule has 0 aliphatic carbocycles. The molecule has 1 amide bonds. The summed E-state index contributed by atoms with van der Waals surface area (Å²) in [5.74, 6) is 0.844. The minimum Gasteiger partial charge on any atom is -0.436 e. The van der Waals surface area contributed by atoms with Crippen LogP contribution in [0.2, 0.25) is 5.02 Å². The number of carbonyl (C=O) groups is 1. The van der Waals surface area contributed by atoms with Crippen molar-refractivity contribution in [3.63, 3.8) is 0 Å².